The molecule has 4 rings (SSSR count). The summed E-state index contributed by atoms with van der Waals surface area (Å²) < 4.78 is 0. The van der Waals surface area contributed by atoms with E-state index in [1.165, 1.54) is 26.9 Å². The summed E-state index contributed by atoms with van der Waals surface area (Å²) in [4.78, 5) is 0. The van der Waals surface area contributed by atoms with Crippen LogP contribution in [0.2, 0.25) is 0 Å². The van der Waals surface area contributed by atoms with Gasteiger partial charge in [-0.2, -0.15) is 0 Å². The van der Waals surface area contributed by atoms with Crippen molar-refractivity contribution in [1.82, 2.24) is 0 Å². The molecule has 2 nitrogen and oxygen atoms in total. The number of rotatable bonds is 0. The number of hydrogen-bond donors (Lipinski definition) is 2. The molecule has 0 unspecified atom stereocenters. The molecule has 0 atom stereocenters. The Balaban J connectivity index is 0.000000373. The molecule has 0 amide bonds. The lowest BCUT2D eigenvalue weighted by Gasteiger charge is -2.11. The number of phenolic OH excluding ortho intramolecular Hbond substituents is 1. The van der Waals surface area contributed by atoms with Crippen molar-refractivity contribution in [2.24, 2.45) is 0 Å². The summed E-state index contributed by atoms with van der Waals surface area (Å²) in [5.41, 5.74) is 0. The second-order valence-electron chi connectivity index (χ2n) is 4.76. The lowest BCUT2D eigenvalue weighted by atomic mass is 9.94. The summed E-state index contributed by atoms with van der Waals surface area (Å²) in [6.07, 6.45) is 0. The fraction of sp³-hybridized carbons (Fsp3) is 0.111. The highest BCUT2D eigenvalue weighted by Crippen LogP contribution is 2.37. The van der Waals surface area contributed by atoms with Gasteiger partial charge in [-0.25, -0.2) is 0 Å². The van der Waals surface area contributed by atoms with E-state index < -0.39 is 0 Å². The van der Waals surface area contributed by atoms with Gasteiger partial charge in [0.25, 0.3) is 0 Å². The topological polar surface area (TPSA) is 40.5 Å². The second-order valence-corrected chi connectivity index (χ2v) is 4.76. The van der Waals surface area contributed by atoms with Crippen molar-refractivity contribution in [2.45, 2.75) is 6.92 Å². The summed E-state index contributed by atoms with van der Waals surface area (Å²) in [6, 6.07) is 18.4. The molecule has 0 bridgehead atoms. The molecule has 100 valence electrons. The van der Waals surface area contributed by atoms with Crippen LogP contribution in [0.5, 0.6) is 5.75 Å². The fourth-order valence-corrected chi connectivity index (χ4v) is 2.72. The van der Waals surface area contributed by atoms with Crippen molar-refractivity contribution < 1.29 is 10.2 Å². The van der Waals surface area contributed by atoms with Crippen LogP contribution in [0.4, 0.5) is 0 Å². The van der Waals surface area contributed by atoms with Gasteiger partial charge in [-0.1, -0.05) is 48.5 Å². The Morgan fingerprint density at radius 3 is 1.90 bits per heavy atom. The van der Waals surface area contributed by atoms with Crippen molar-refractivity contribution >= 4 is 32.3 Å². The second kappa shape index (κ2) is 4.99. The Morgan fingerprint density at radius 2 is 1.25 bits per heavy atom. The first-order valence-corrected chi connectivity index (χ1v) is 6.72. The molecule has 0 aromatic heterocycles. The average molecular weight is 264 g/mol. The Kier molecular flexibility index (Phi) is 3.17. The normalized spacial score (nSPS) is 10.9. The third kappa shape index (κ3) is 1.86. The van der Waals surface area contributed by atoms with E-state index in [4.69, 9.17) is 5.11 Å². The highest BCUT2D eigenvalue weighted by atomic mass is 16.3. The molecule has 0 saturated carbocycles. The number of aliphatic hydroxyl groups is 1. The van der Waals surface area contributed by atoms with E-state index in [9.17, 15) is 5.11 Å². The Bertz CT molecular complexity index is 849. The minimum Gasteiger partial charge on any atom is -0.507 e. The molecular weight excluding hydrogens is 248 g/mol. The molecule has 0 aliphatic rings. The summed E-state index contributed by atoms with van der Waals surface area (Å²) in [6.45, 7) is 1.93. The standard InChI is InChI=1S/C16H10O.C2H6O/c17-14-9-7-12-5-4-10-2-1-3-11-6-8-13(14)16(12)15(10)11;1-2-3/h1-9,17H;3H,2H2,1H3. The first-order valence-electron chi connectivity index (χ1n) is 6.72. The third-order valence-electron chi connectivity index (χ3n) is 3.51. The van der Waals surface area contributed by atoms with Gasteiger partial charge in [0.2, 0.25) is 0 Å². The van der Waals surface area contributed by atoms with Gasteiger partial charge in [-0.05, 0) is 34.5 Å². The lowest BCUT2D eigenvalue weighted by molar-refractivity contribution is 0.318. The molecule has 2 heteroatoms. The van der Waals surface area contributed by atoms with Gasteiger partial charge in [0, 0.05) is 17.4 Å². The zero-order chi connectivity index (χ0) is 14.1. The SMILES string of the molecule is CCO.Oc1ccc2ccc3cccc4ccc1c2c34. The van der Waals surface area contributed by atoms with E-state index in [0.29, 0.717) is 5.75 Å². The molecule has 0 radical (unpaired) electrons. The molecule has 0 aliphatic heterocycles. The lowest BCUT2D eigenvalue weighted by Crippen LogP contribution is -1.83. The van der Waals surface area contributed by atoms with Crippen LogP contribution < -0.4 is 0 Å². The minimum absolute atomic E-state index is 0.250. The minimum atomic E-state index is 0.250. The summed E-state index contributed by atoms with van der Waals surface area (Å²) >= 11 is 0. The molecule has 0 fully saturated rings. The van der Waals surface area contributed by atoms with Gasteiger partial charge in [0.05, 0.1) is 0 Å². The fourth-order valence-electron chi connectivity index (χ4n) is 2.72. The maximum Gasteiger partial charge on any atom is 0.123 e. The number of aromatic hydroxyl groups is 1. The largest absolute Gasteiger partial charge is 0.507 e. The van der Waals surface area contributed by atoms with Gasteiger partial charge >= 0.3 is 0 Å². The summed E-state index contributed by atoms with van der Waals surface area (Å²) in [5, 5.41) is 24.5. The number of phenols is 1. The van der Waals surface area contributed by atoms with Crippen molar-refractivity contribution in [3.63, 3.8) is 0 Å². The number of aliphatic hydroxyl groups excluding tert-OH is 1. The van der Waals surface area contributed by atoms with Crippen LogP contribution in [0.15, 0.2) is 54.6 Å². The molecule has 0 saturated heterocycles. The molecule has 0 spiro atoms. The smallest absolute Gasteiger partial charge is 0.123 e. The zero-order valence-electron chi connectivity index (χ0n) is 11.3. The Labute approximate surface area is 117 Å². The quantitative estimate of drug-likeness (QED) is 0.465. The van der Waals surface area contributed by atoms with Crippen molar-refractivity contribution in [1.29, 1.82) is 0 Å². The zero-order valence-corrected chi connectivity index (χ0v) is 11.3. The van der Waals surface area contributed by atoms with Gasteiger partial charge in [-0.3, -0.25) is 0 Å². The predicted octanol–water partition coefficient (Wildman–Crippen LogP) is 4.29. The maximum absolute atomic E-state index is 9.95. The van der Waals surface area contributed by atoms with Crippen LogP contribution in [-0.4, -0.2) is 16.8 Å². The highest BCUT2D eigenvalue weighted by molar-refractivity contribution is 6.23. The molecule has 4 aromatic rings. The van der Waals surface area contributed by atoms with Crippen molar-refractivity contribution in [3.05, 3.63) is 54.6 Å². The van der Waals surface area contributed by atoms with E-state index in [1.807, 2.05) is 12.1 Å². The van der Waals surface area contributed by atoms with Gasteiger partial charge in [0.15, 0.2) is 0 Å². The van der Waals surface area contributed by atoms with Crippen LogP contribution in [0.3, 0.4) is 0 Å². The Hall–Kier alpha value is -2.32. The average Bonchev–Trinajstić information content (AvgIpc) is 2.47. The van der Waals surface area contributed by atoms with E-state index in [1.54, 1.807) is 13.0 Å². The van der Waals surface area contributed by atoms with E-state index in [-0.39, 0.29) is 6.61 Å². The van der Waals surface area contributed by atoms with Crippen molar-refractivity contribution in [3.8, 4) is 5.75 Å². The Morgan fingerprint density at radius 1 is 0.750 bits per heavy atom. The summed E-state index contributed by atoms with van der Waals surface area (Å²) in [5.74, 6) is 0.357. The molecular formula is C18H16O2. The van der Waals surface area contributed by atoms with Gasteiger partial charge < -0.3 is 10.2 Å². The first kappa shape index (κ1) is 12.7. The van der Waals surface area contributed by atoms with E-state index in [2.05, 4.69) is 36.4 Å². The van der Waals surface area contributed by atoms with E-state index >= 15 is 0 Å². The molecule has 2 N–H and O–H groups in total. The summed E-state index contributed by atoms with van der Waals surface area (Å²) in [7, 11) is 0. The van der Waals surface area contributed by atoms with Gasteiger partial charge in [0.1, 0.15) is 5.75 Å². The van der Waals surface area contributed by atoms with Gasteiger partial charge in [-0.15, -0.1) is 0 Å². The molecule has 4 aromatic carbocycles. The van der Waals surface area contributed by atoms with E-state index in [0.717, 1.165) is 5.39 Å². The number of benzene rings is 4. The van der Waals surface area contributed by atoms with Crippen LogP contribution >= 0.6 is 0 Å². The molecule has 20 heavy (non-hydrogen) atoms. The van der Waals surface area contributed by atoms with Crippen LogP contribution in [0.1, 0.15) is 6.92 Å². The highest BCUT2D eigenvalue weighted by Gasteiger charge is 2.09. The third-order valence-corrected chi connectivity index (χ3v) is 3.51. The first-order chi connectivity index (χ1) is 9.76. The van der Waals surface area contributed by atoms with Crippen LogP contribution in [0.25, 0.3) is 32.3 Å². The predicted molar refractivity (Wildman–Crippen MR) is 84.6 cm³/mol. The van der Waals surface area contributed by atoms with Crippen LogP contribution in [-0.2, 0) is 0 Å². The number of hydrogen-bond acceptors (Lipinski definition) is 2. The maximum atomic E-state index is 9.95. The molecule has 0 heterocycles. The molecule has 0 aliphatic carbocycles. The monoisotopic (exact) mass is 264 g/mol. The van der Waals surface area contributed by atoms with Crippen LogP contribution in [0, 0.1) is 0 Å². The van der Waals surface area contributed by atoms with Crippen molar-refractivity contribution in [2.75, 3.05) is 6.61 Å².